The van der Waals surface area contributed by atoms with Crippen LogP contribution in [0, 0.1) is 5.92 Å². The molecule has 3 nitrogen and oxygen atoms in total. The fourth-order valence-electron chi connectivity index (χ4n) is 3.64. The van der Waals surface area contributed by atoms with Crippen LogP contribution in [0.15, 0.2) is 29.3 Å². The zero-order chi connectivity index (χ0) is 12.9. The van der Waals surface area contributed by atoms with Crippen LogP contribution >= 0.6 is 0 Å². The van der Waals surface area contributed by atoms with Gasteiger partial charge in [-0.05, 0) is 49.1 Å². The highest BCUT2D eigenvalue weighted by Gasteiger charge is 2.45. The summed E-state index contributed by atoms with van der Waals surface area (Å²) >= 11 is 0. The second-order valence-electron chi connectivity index (χ2n) is 6.40. The number of rotatable bonds is 2. The minimum Gasteiger partial charge on any atom is -0.370 e. The minimum absolute atomic E-state index is 0.182. The van der Waals surface area contributed by atoms with Crippen molar-refractivity contribution >= 4 is 5.96 Å². The summed E-state index contributed by atoms with van der Waals surface area (Å²) in [6, 6.07) is 8.85. The maximum atomic E-state index is 6.16. The Bertz CT molecular complexity index is 533. The van der Waals surface area contributed by atoms with Gasteiger partial charge in [-0.25, -0.2) is 0 Å². The first kappa shape index (κ1) is 11.3. The van der Waals surface area contributed by atoms with E-state index < -0.39 is 0 Å². The average Bonchev–Trinajstić information content (AvgIpc) is 3.21. The molecule has 1 aliphatic heterocycles. The number of guanidine groups is 1. The van der Waals surface area contributed by atoms with Gasteiger partial charge in [0.1, 0.15) is 0 Å². The highest BCUT2D eigenvalue weighted by Crippen LogP contribution is 2.39. The zero-order valence-corrected chi connectivity index (χ0v) is 11.3. The van der Waals surface area contributed by atoms with Gasteiger partial charge in [-0.1, -0.05) is 24.3 Å². The molecule has 4 rings (SSSR count). The predicted molar refractivity (Wildman–Crippen MR) is 77.1 cm³/mol. The van der Waals surface area contributed by atoms with E-state index >= 15 is 0 Å². The summed E-state index contributed by atoms with van der Waals surface area (Å²) in [6.07, 6.45) is 6.22. The van der Waals surface area contributed by atoms with E-state index in [4.69, 9.17) is 5.73 Å². The summed E-state index contributed by atoms with van der Waals surface area (Å²) in [7, 11) is 0. The first-order chi connectivity index (χ1) is 9.27. The Kier molecular flexibility index (Phi) is 2.38. The Morgan fingerprint density at radius 2 is 2.05 bits per heavy atom. The van der Waals surface area contributed by atoms with E-state index in [-0.39, 0.29) is 5.54 Å². The maximum absolute atomic E-state index is 6.16. The molecule has 2 N–H and O–H groups in total. The molecule has 0 bridgehead atoms. The summed E-state index contributed by atoms with van der Waals surface area (Å²) in [6.45, 7) is 2.01. The minimum atomic E-state index is 0.182. The van der Waals surface area contributed by atoms with Gasteiger partial charge in [-0.2, -0.15) is 0 Å². The van der Waals surface area contributed by atoms with E-state index in [0.717, 1.165) is 31.4 Å². The molecular formula is C16H21N3. The molecule has 3 heteroatoms. The molecular weight excluding hydrogens is 234 g/mol. The lowest BCUT2D eigenvalue weighted by Gasteiger charge is -2.43. The van der Waals surface area contributed by atoms with E-state index in [1.807, 2.05) is 0 Å². The number of benzene rings is 1. The zero-order valence-electron chi connectivity index (χ0n) is 11.3. The van der Waals surface area contributed by atoms with E-state index in [0.29, 0.717) is 0 Å². The van der Waals surface area contributed by atoms with Gasteiger partial charge in [0.2, 0.25) is 0 Å². The molecule has 0 aromatic heterocycles. The molecule has 3 aliphatic rings. The van der Waals surface area contributed by atoms with Crippen LogP contribution in [0.25, 0.3) is 0 Å². The summed E-state index contributed by atoms with van der Waals surface area (Å²) in [5.41, 5.74) is 9.36. The molecule has 2 aliphatic carbocycles. The topological polar surface area (TPSA) is 41.6 Å². The molecule has 1 fully saturated rings. The van der Waals surface area contributed by atoms with Gasteiger partial charge < -0.3 is 10.6 Å². The first-order valence-corrected chi connectivity index (χ1v) is 7.41. The van der Waals surface area contributed by atoms with Gasteiger partial charge in [-0.3, -0.25) is 4.99 Å². The van der Waals surface area contributed by atoms with Crippen molar-refractivity contribution < 1.29 is 0 Å². The molecule has 19 heavy (non-hydrogen) atoms. The van der Waals surface area contributed by atoms with Crippen molar-refractivity contribution in [3.05, 3.63) is 35.4 Å². The second kappa shape index (κ2) is 3.99. The number of aryl methyl sites for hydroxylation is 1. The third kappa shape index (κ3) is 1.83. The number of nitrogens with two attached hydrogens (primary N) is 1. The van der Waals surface area contributed by atoms with Gasteiger partial charge in [0.25, 0.3) is 0 Å². The van der Waals surface area contributed by atoms with Crippen LogP contribution in [0.5, 0.6) is 0 Å². The second-order valence-corrected chi connectivity index (χ2v) is 6.40. The Morgan fingerprint density at radius 1 is 1.26 bits per heavy atom. The largest absolute Gasteiger partial charge is 0.370 e. The van der Waals surface area contributed by atoms with Crippen molar-refractivity contribution in [2.75, 3.05) is 13.1 Å². The van der Waals surface area contributed by atoms with Gasteiger partial charge >= 0.3 is 0 Å². The Hall–Kier alpha value is -1.51. The fraction of sp³-hybridized carbons (Fsp3) is 0.562. The molecule has 1 spiro atoms. The third-order valence-electron chi connectivity index (χ3n) is 5.02. The quantitative estimate of drug-likeness (QED) is 0.877. The van der Waals surface area contributed by atoms with Crippen LogP contribution in [0.4, 0.5) is 0 Å². The standard InChI is InChI=1S/C16H21N3/c17-15-18-11-16(19(15)10-12-5-6-12)8-7-13-3-1-2-4-14(13)9-16/h1-4,12H,5-11H2,(H2,17,18). The van der Waals surface area contributed by atoms with Crippen molar-refractivity contribution in [2.45, 2.75) is 37.6 Å². The predicted octanol–water partition coefficient (Wildman–Crippen LogP) is 1.95. The summed E-state index contributed by atoms with van der Waals surface area (Å²) in [5.74, 6) is 1.65. The summed E-state index contributed by atoms with van der Waals surface area (Å²) < 4.78 is 0. The van der Waals surface area contributed by atoms with E-state index in [1.54, 1.807) is 0 Å². The van der Waals surface area contributed by atoms with Crippen LogP contribution in [0.1, 0.15) is 30.4 Å². The molecule has 1 aromatic rings. The first-order valence-electron chi connectivity index (χ1n) is 7.41. The average molecular weight is 255 g/mol. The smallest absolute Gasteiger partial charge is 0.191 e. The van der Waals surface area contributed by atoms with Crippen LogP contribution < -0.4 is 5.73 Å². The molecule has 1 saturated carbocycles. The third-order valence-corrected chi connectivity index (χ3v) is 5.02. The molecule has 0 amide bonds. The Labute approximate surface area is 114 Å². The van der Waals surface area contributed by atoms with Gasteiger partial charge in [0, 0.05) is 6.54 Å². The normalized spacial score (nSPS) is 29.5. The number of nitrogens with zero attached hydrogens (tertiary/aromatic N) is 2. The van der Waals surface area contributed by atoms with Gasteiger partial charge in [0.05, 0.1) is 12.1 Å². The lowest BCUT2D eigenvalue weighted by molar-refractivity contribution is 0.170. The molecule has 100 valence electrons. The molecule has 1 heterocycles. The fourth-order valence-corrected chi connectivity index (χ4v) is 3.64. The van der Waals surface area contributed by atoms with Crippen LogP contribution in [0.3, 0.4) is 0 Å². The highest BCUT2D eigenvalue weighted by molar-refractivity contribution is 5.81. The van der Waals surface area contributed by atoms with Crippen molar-refractivity contribution in [3.63, 3.8) is 0 Å². The van der Waals surface area contributed by atoms with Crippen LogP contribution in [-0.4, -0.2) is 29.5 Å². The van der Waals surface area contributed by atoms with E-state index in [2.05, 4.69) is 34.2 Å². The number of aliphatic imine (C=N–C) groups is 1. The monoisotopic (exact) mass is 255 g/mol. The van der Waals surface area contributed by atoms with Gasteiger partial charge in [0.15, 0.2) is 5.96 Å². The van der Waals surface area contributed by atoms with Crippen LogP contribution in [0.2, 0.25) is 0 Å². The van der Waals surface area contributed by atoms with E-state index in [1.165, 1.54) is 36.8 Å². The lowest BCUT2D eigenvalue weighted by Crippen LogP contribution is -2.55. The summed E-state index contributed by atoms with van der Waals surface area (Å²) in [4.78, 5) is 7.00. The van der Waals surface area contributed by atoms with Crippen molar-refractivity contribution in [3.8, 4) is 0 Å². The van der Waals surface area contributed by atoms with Crippen molar-refractivity contribution in [2.24, 2.45) is 16.6 Å². The number of fused-ring (bicyclic) bond motifs is 1. The number of hydrogen-bond acceptors (Lipinski definition) is 3. The SMILES string of the molecule is NC1=NCC2(CCc3ccccc3C2)N1CC1CC1. The maximum Gasteiger partial charge on any atom is 0.191 e. The molecule has 1 aromatic carbocycles. The molecule has 0 radical (unpaired) electrons. The molecule has 0 saturated heterocycles. The Balaban J connectivity index is 1.63. The van der Waals surface area contributed by atoms with Gasteiger partial charge in [-0.15, -0.1) is 0 Å². The van der Waals surface area contributed by atoms with Crippen molar-refractivity contribution in [1.29, 1.82) is 0 Å². The lowest BCUT2D eigenvalue weighted by atomic mass is 9.77. The molecule has 1 atom stereocenters. The Morgan fingerprint density at radius 3 is 2.84 bits per heavy atom. The van der Waals surface area contributed by atoms with Crippen LogP contribution in [-0.2, 0) is 12.8 Å². The highest BCUT2D eigenvalue weighted by atomic mass is 15.4. The molecule has 1 unspecified atom stereocenters. The number of hydrogen-bond donors (Lipinski definition) is 1. The van der Waals surface area contributed by atoms with E-state index in [9.17, 15) is 0 Å². The van der Waals surface area contributed by atoms with Crippen molar-refractivity contribution in [1.82, 2.24) is 4.90 Å². The summed E-state index contributed by atoms with van der Waals surface area (Å²) in [5, 5.41) is 0.